The molecule has 0 spiro atoms. The Morgan fingerprint density at radius 1 is 1.28 bits per heavy atom. The molecule has 1 fully saturated rings. The number of halogens is 3. The number of nitrogens with one attached hydrogen (secondary N) is 1. The molecule has 1 aliphatic carbocycles. The largest absolute Gasteiger partial charge is 0.365 e. The number of pyridine rings is 1. The summed E-state index contributed by atoms with van der Waals surface area (Å²) in [6.45, 7) is 4.37. The average Bonchev–Trinajstić information content (AvgIpc) is 3.41. The zero-order valence-electron chi connectivity index (χ0n) is 16.4. The lowest BCUT2D eigenvalue weighted by Crippen LogP contribution is -2.29. The van der Waals surface area contributed by atoms with Gasteiger partial charge in [0.25, 0.3) is 11.5 Å². The Labute approximate surface area is 165 Å². The van der Waals surface area contributed by atoms with E-state index >= 15 is 0 Å². The Hall–Kier alpha value is -2.90. The van der Waals surface area contributed by atoms with Crippen LogP contribution in [0.4, 0.5) is 19.0 Å². The van der Waals surface area contributed by atoms with Crippen LogP contribution in [0.15, 0.2) is 35.5 Å². The quantitative estimate of drug-likeness (QED) is 0.684. The molecule has 0 radical (unpaired) electrons. The molecule has 0 unspecified atom stereocenters. The monoisotopic (exact) mass is 402 g/mol. The molecule has 29 heavy (non-hydrogen) atoms. The van der Waals surface area contributed by atoms with Gasteiger partial charge in [-0.05, 0) is 26.7 Å². The molecule has 1 aliphatic rings. The van der Waals surface area contributed by atoms with Gasteiger partial charge in [-0.15, -0.1) is 0 Å². The maximum absolute atomic E-state index is 14.5. The van der Waals surface area contributed by atoms with Crippen molar-refractivity contribution in [1.29, 1.82) is 0 Å². The van der Waals surface area contributed by atoms with E-state index in [2.05, 4.69) is 15.3 Å². The van der Waals surface area contributed by atoms with E-state index < -0.39 is 17.3 Å². The molecular weight excluding hydrogens is 381 g/mol. The number of fused-ring (bicyclic) bond motifs is 1. The van der Waals surface area contributed by atoms with Crippen molar-refractivity contribution < 1.29 is 13.2 Å². The van der Waals surface area contributed by atoms with Crippen molar-refractivity contribution in [2.24, 2.45) is 0 Å². The van der Waals surface area contributed by atoms with E-state index in [-0.39, 0.29) is 23.2 Å². The first kappa shape index (κ1) is 19.4. The van der Waals surface area contributed by atoms with Gasteiger partial charge in [0.2, 0.25) is 0 Å². The number of anilines is 1. The molecule has 152 valence electrons. The lowest BCUT2D eigenvalue weighted by molar-refractivity contribution is 0.0136. The second-order valence-corrected chi connectivity index (χ2v) is 7.93. The Morgan fingerprint density at radius 3 is 2.66 bits per heavy atom. The SMILES string of the molecule is Cc1c(=O)n(C2(C)CC2)cc2c(NCc3cccc(C(C)(F)F)c3F)ncnc12. The molecule has 2 aromatic heterocycles. The minimum absolute atomic E-state index is 0.0304. The van der Waals surface area contributed by atoms with Gasteiger partial charge in [-0.2, -0.15) is 0 Å². The van der Waals surface area contributed by atoms with Crippen LogP contribution in [0.2, 0.25) is 0 Å². The molecule has 0 amide bonds. The topological polar surface area (TPSA) is 59.8 Å². The molecule has 0 aliphatic heterocycles. The molecule has 2 heterocycles. The molecule has 1 saturated carbocycles. The Kier molecular flexibility index (Phi) is 4.40. The summed E-state index contributed by atoms with van der Waals surface area (Å²) in [6, 6.07) is 3.94. The highest BCUT2D eigenvalue weighted by Gasteiger charge is 2.40. The highest BCUT2D eigenvalue weighted by molar-refractivity contribution is 5.90. The first-order valence-corrected chi connectivity index (χ1v) is 9.39. The average molecular weight is 402 g/mol. The van der Waals surface area contributed by atoms with Crippen LogP contribution in [-0.4, -0.2) is 14.5 Å². The van der Waals surface area contributed by atoms with Crippen LogP contribution >= 0.6 is 0 Å². The molecule has 0 bridgehead atoms. The molecule has 4 rings (SSSR count). The van der Waals surface area contributed by atoms with E-state index in [1.54, 1.807) is 17.7 Å². The van der Waals surface area contributed by atoms with E-state index in [9.17, 15) is 18.0 Å². The molecule has 0 atom stereocenters. The van der Waals surface area contributed by atoms with Crippen molar-refractivity contribution in [2.75, 3.05) is 5.32 Å². The third kappa shape index (κ3) is 3.36. The van der Waals surface area contributed by atoms with Crippen LogP contribution in [0.1, 0.15) is 43.4 Å². The van der Waals surface area contributed by atoms with Crippen molar-refractivity contribution in [3.8, 4) is 0 Å². The number of aromatic nitrogens is 3. The number of benzene rings is 1. The fourth-order valence-corrected chi connectivity index (χ4v) is 3.48. The standard InChI is InChI=1S/C21H21F3N4O/c1-12-17-14(10-28(19(12)29)20(2)7-8-20)18(27-11-26-17)25-9-13-5-4-6-15(16(13)22)21(3,23)24/h4-6,10-11H,7-9H2,1-3H3,(H,25,26,27). The van der Waals surface area contributed by atoms with E-state index in [1.165, 1.54) is 18.5 Å². The Balaban J connectivity index is 1.73. The number of alkyl halides is 2. The Morgan fingerprint density at radius 2 is 2.00 bits per heavy atom. The van der Waals surface area contributed by atoms with Gasteiger partial charge in [0.05, 0.1) is 16.5 Å². The fourth-order valence-electron chi connectivity index (χ4n) is 3.48. The Bertz CT molecular complexity index is 1160. The van der Waals surface area contributed by atoms with Crippen molar-refractivity contribution in [2.45, 2.75) is 51.6 Å². The smallest absolute Gasteiger partial charge is 0.273 e. The zero-order valence-corrected chi connectivity index (χ0v) is 16.4. The predicted octanol–water partition coefficient (Wildman–Crippen LogP) is 4.47. The maximum atomic E-state index is 14.5. The summed E-state index contributed by atoms with van der Waals surface area (Å²) in [6.07, 6.45) is 4.88. The van der Waals surface area contributed by atoms with Crippen LogP contribution < -0.4 is 10.9 Å². The number of nitrogens with zero attached hydrogens (tertiary/aromatic N) is 3. The van der Waals surface area contributed by atoms with Crippen LogP contribution in [-0.2, 0) is 18.0 Å². The summed E-state index contributed by atoms with van der Waals surface area (Å²) in [5, 5.41) is 3.65. The molecule has 8 heteroatoms. The molecule has 1 aromatic carbocycles. The maximum Gasteiger partial charge on any atom is 0.273 e. The van der Waals surface area contributed by atoms with Gasteiger partial charge in [0, 0.05) is 36.3 Å². The lowest BCUT2D eigenvalue weighted by Gasteiger charge is -2.17. The second kappa shape index (κ2) is 6.57. The van der Waals surface area contributed by atoms with E-state index in [4.69, 9.17) is 0 Å². The normalized spacial score (nSPS) is 15.5. The van der Waals surface area contributed by atoms with Crippen LogP contribution in [0.3, 0.4) is 0 Å². The minimum atomic E-state index is -3.27. The summed E-state index contributed by atoms with van der Waals surface area (Å²) in [5.74, 6) is -3.79. The van der Waals surface area contributed by atoms with Crippen molar-refractivity contribution >= 4 is 16.7 Å². The molecule has 1 N–H and O–H groups in total. The van der Waals surface area contributed by atoms with Gasteiger partial charge in [-0.25, -0.2) is 23.1 Å². The number of hydrogen-bond acceptors (Lipinski definition) is 4. The van der Waals surface area contributed by atoms with Crippen LogP contribution in [0.5, 0.6) is 0 Å². The number of rotatable bonds is 5. The highest BCUT2D eigenvalue weighted by atomic mass is 19.3. The third-order valence-electron chi connectivity index (χ3n) is 5.59. The predicted molar refractivity (Wildman–Crippen MR) is 105 cm³/mol. The summed E-state index contributed by atoms with van der Waals surface area (Å²) in [4.78, 5) is 21.2. The van der Waals surface area contributed by atoms with Gasteiger partial charge in [-0.3, -0.25) is 4.79 Å². The van der Waals surface area contributed by atoms with Crippen molar-refractivity contribution in [3.05, 3.63) is 63.6 Å². The number of aryl methyl sites for hydroxylation is 1. The first-order chi connectivity index (χ1) is 13.6. The van der Waals surface area contributed by atoms with Gasteiger partial charge in [-0.1, -0.05) is 18.2 Å². The fraction of sp³-hybridized carbons (Fsp3) is 0.381. The van der Waals surface area contributed by atoms with Crippen molar-refractivity contribution in [3.63, 3.8) is 0 Å². The highest BCUT2D eigenvalue weighted by Crippen LogP contribution is 2.42. The minimum Gasteiger partial charge on any atom is -0.365 e. The van der Waals surface area contributed by atoms with Crippen LogP contribution in [0, 0.1) is 12.7 Å². The second-order valence-electron chi connectivity index (χ2n) is 7.93. The summed E-state index contributed by atoms with van der Waals surface area (Å²) in [5.41, 5.74) is 0.190. The van der Waals surface area contributed by atoms with Gasteiger partial charge in [0.1, 0.15) is 18.0 Å². The third-order valence-corrected chi connectivity index (χ3v) is 5.59. The van der Waals surface area contributed by atoms with E-state index in [1.807, 2.05) is 6.92 Å². The molecule has 3 aromatic rings. The van der Waals surface area contributed by atoms with Gasteiger partial charge >= 0.3 is 0 Å². The van der Waals surface area contributed by atoms with E-state index in [0.717, 1.165) is 18.9 Å². The summed E-state index contributed by atoms with van der Waals surface area (Å²) < 4.78 is 43.4. The zero-order chi connectivity index (χ0) is 21.0. The van der Waals surface area contributed by atoms with E-state index in [0.29, 0.717) is 29.2 Å². The summed E-state index contributed by atoms with van der Waals surface area (Å²) >= 11 is 0. The van der Waals surface area contributed by atoms with Gasteiger partial charge in [0.15, 0.2) is 0 Å². The molecule has 5 nitrogen and oxygen atoms in total. The van der Waals surface area contributed by atoms with Crippen molar-refractivity contribution in [1.82, 2.24) is 14.5 Å². The van der Waals surface area contributed by atoms with Gasteiger partial charge < -0.3 is 9.88 Å². The number of hydrogen-bond donors (Lipinski definition) is 1. The first-order valence-electron chi connectivity index (χ1n) is 9.39. The lowest BCUT2D eigenvalue weighted by atomic mass is 10.0. The summed E-state index contributed by atoms with van der Waals surface area (Å²) in [7, 11) is 0. The van der Waals surface area contributed by atoms with Crippen LogP contribution in [0.25, 0.3) is 10.9 Å². The molecule has 0 saturated heterocycles. The molecular formula is C21H21F3N4O.